The molecule has 1 fully saturated rings. The Morgan fingerprint density at radius 2 is 1.88 bits per heavy atom. The van der Waals surface area contributed by atoms with Gasteiger partial charge in [0.2, 0.25) is 5.41 Å². The molecule has 1 aromatic rings. The first-order valence-electron chi connectivity index (χ1n) is 7.57. The van der Waals surface area contributed by atoms with E-state index in [0.717, 1.165) is 4.47 Å². The van der Waals surface area contributed by atoms with Crippen LogP contribution < -0.4 is 5.32 Å². The molecule has 1 aromatic carbocycles. The van der Waals surface area contributed by atoms with Crippen LogP contribution in [0.3, 0.4) is 0 Å². The highest BCUT2D eigenvalue weighted by Crippen LogP contribution is 2.54. The van der Waals surface area contributed by atoms with E-state index in [9.17, 15) is 14.4 Å². The van der Waals surface area contributed by atoms with Gasteiger partial charge in [0, 0.05) is 15.7 Å². The fraction of sp³-hybridized carbons (Fsp3) is 0.438. The van der Waals surface area contributed by atoms with E-state index >= 15 is 0 Å². The molecule has 0 radical (unpaired) electrons. The van der Waals surface area contributed by atoms with Crippen molar-refractivity contribution in [1.29, 1.82) is 0 Å². The lowest BCUT2D eigenvalue weighted by Crippen LogP contribution is -2.57. The van der Waals surface area contributed by atoms with Crippen molar-refractivity contribution in [2.24, 2.45) is 5.41 Å². The molecule has 1 N–H and O–H groups in total. The van der Waals surface area contributed by atoms with Gasteiger partial charge in [-0.05, 0) is 32.0 Å². The number of hydrogen-bond acceptors (Lipinski definition) is 7. The topological polar surface area (TPSA) is 90.9 Å². The molecule has 3 rings (SSSR count). The van der Waals surface area contributed by atoms with Gasteiger partial charge in [0.1, 0.15) is 0 Å². The molecule has 0 aromatic heterocycles. The average molecular weight is 398 g/mol. The van der Waals surface area contributed by atoms with E-state index in [4.69, 9.17) is 14.2 Å². The van der Waals surface area contributed by atoms with Crippen molar-refractivity contribution in [3.8, 4) is 0 Å². The van der Waals surface area contributed by atoms with Crippen molar-refractivity contribution < 1.29 is 28.6 Å². The molecular formula is C16H16BrNO6. The Morgan fingerprint density at radius 1 is 1.25 bits per heavy atom. The summed E-state index contributed by atoms with van der Waals surface area (Å²) in [6.45, 7) is 3.39. The molecule has 2 aliphatic rings. The van der Waals surface area contributed by atoms with Gasteiger partial charge in [0.05, 0.1) is 13.2 Å². The molecular weight excluding hydrogens is 382 g/mol. The minimum absolute atomic E-state index is 0.0684. The number of ether oxygens (including phenoxy) is 3. The molecule has 0 spiro atoms. The van der Waals surface area contributed by atoms with Gasteiger partial charge in [-0.25, -0.2) is 4.79 Å². The molecule has 2 atom stereocenters. The predicted molar refractivity (Wildman–Crippen MR) is 86.1 cm³/mol. The zero-order valence-corrected chi connectivity index (χ0v) is 14.7. The van der Waals surface area contributed by atoms with Gasteiger partial charge in [-0.15, -0.1) is 0 Å². The summed E-state index contributed by atoms with van der Waals surface area (Å²) in [6.07, 6.45) is -1.10. The average Bonchev–Trinajstić information content (AvgIpc) is 2.75. The van der Waals surface area contributed by atoms with Crippen molar-refractivity contribution in [3.05, 3.63) is 28.2 Å². The summed E-state index contributed by atoms with van der Waals surface area (Å²) < 4.78 is 16.3. The Bertz CT molecular complexity index is 701. The molecule has 0 saturated carbocycles. The van der Waals surface area contributed by atoms with Gasteiger partial charge in [-0.3, -0.25) is 9.59 Å². The summed E-state index contributed by atoms with van der Waals surface area (Å²) in [7, 11) is 0. The molecule has 2 heterocycles. The Balaban J connectivity index is 2.20. The second-order valence-corrected chi connectivity index (χ2v) is 6.35. The van der Waals surface area contributed by atoms with Gasteiger partial charge in [-0.1, -0.05) is 15.9 Å². The highest BCUT2D eigenvalue weighted by Gasteiger charge is 2.72. The second-order valence-electron chi connectivity index (χ2n) is 5.44. The minimum atomic E-state index is -1.89. The molecule has 128 valence electrons. The molecule has 24 heavy (non-hydrogen) atoms. The maximum Gasteiger partial charge on any atom is 0.331 e. The van der Waals surface area contributed by atoms with Crippen LogP contribution in [0.2, 0.25) is 0 Å². The Morgan fingerprint density at radius 3 is 2.46 bits per heavy atom. The lowest BCUT2D eigenvalue weighted by atomic mass is 9.71. The highest BCUT2D eigenvalue weighted by atomic mass is 79.9. The number of nitrogens with one attached hydrogen (secondary N) is 1. The Labute approximate surface area is 146 Å². The first kappa shape index (κ1) is 16.8. The van der Waals surface area contributed by atoms with Crippen molar-refractivity contribution in [2.45, 2.75) is 26.0 Å². The van der Waals surface area contributed by atoms with Crippen molar-refractivity contribution >= 4 is 39.5 Å². The number of fused-ring (bicyclic) bond motifs is 4. The van der Waals surface area contributed by atoms with Gasteiger partial charge < -0.3 is 19.5 Å². The van der Waals surface area contributed by atoms with Crippen LogP contribution in [0.5, 0.6) is 0 Å². The normalized spacial score (nSPS) is 22.9. The van der Waals surface area contributed by atoms with Crippen LogP contribution in [0.4, 0.5) is 5.69 Å². The molecule has 8 heteroatoms. The summed E-state index contributed by atoms with van der Waals surface area (Å²) in [4.78, 5) is 37.8. The van der Waals surface area contributed by atoms with Crippen molar-refractivity contribution in [3.63, 3.8) is 0 Å². The predicted octanol–water partition coefficient (Wildman–Crippen LogP) is 1.95. The quantitative estimate of drug-likeness (QED) is 0.471. The van der Waals surface area contributed by atoms with Gasteiger partial charge in [-0.2, -0.15) is 0 Å². The Hall–Kier alpha value is -2.09. The first-order chi connectivity index (χ1) is 11.5. The number of carbonyl (C=O) groups is 3. The van der Waals surface area contributed by atoms with Crippen molar-refractivity contribution in [2.75, 3.05) is 18.5 Å². The van der Waals surface area contributed by atoms with Crippen molar-refractivity contribution in [1.82, 2.24) is 0 Å². The number of esters is 3. The van der Waals surface area contributed by atoms with Crippen LogP contribution >= 0.6 is 15.9 Å². The maximum atomic E-state index is 12.7. The first-order valence-corrected chi connectivity index (χ1v) is 8.37. The molecule has 7 nitrogen and oxygen atoms in total. The van der Waals surface area contributed by atoms with Gasteiger partial charge >= 0.3 is 17.9 Å². The summed E-state index contributed by atoms with van der Waals surface area (Å²) in [5.74, 6) is -2.35. The fourth-order valence-corrected chi connectivity index (χ4v) is 3.55. The SMILES string of the molecule is CCOC(=O)C1(C(=O)OCC)[C@@H]2Nc3ccc(Br)cc3[C@H]1OC2=O. The van der Waals surface area contributed by atoms with Crippen LogP contribution in [0, 0.1) is 5.41 Å². The Kier molecular flexibility index (Phi) is 4.25. The second kappa shape index (κ2) is 6.08. The third-order valence-electron chi connectivity index (χ3n) is 4.16. The van der Waals surface area contributed by atoms with Crippen LogP contribution in [-0.4, -0.2) is 37.2 Å². The fourth-order valence-electron chi connectivity index (χ4n) is 3.17. The number of anilines is 1. The molecule has 1 saturated heterocycles. The van der Waals surface area contributed by atoms with E-state index in [1.54, 1.807) is 32.0 Å². The van der Waals surface area contributed by atoms with E-state index < -0.39 is 35.5 Å². The molecule has 0 unspecified atom stereocenters. The van der Waals surface area contributed by atoms with Crippen LogP contribution in [0.25, 0.3) is 0 Å². The van der Waals surface area contributed by atoms with E-state index in [0.29, 0.717) is 11.3 Å². The molecule has 0 amide bonds. The van der Waals surface area contributed by atoms with Gasteiger partial charge in [0.15, 0.2) is 12.1 Å². The summed E-state index contributed by atoms with van der Waals surface area (Å²) in [6, 6.07) is 4.06. The summed E-state index contributed by atoms with van der Waals surface area (Å²) in [5, 5.41) is 2.94. The number of hydrogen-bond donors (Lipinski definition) is 1. The molecule has 2 aliphatic heterocycles. The summed E-state index contributed by atoms with van der Waals surface area (Å²) in [5.41, 5.74) is -0.743. The lowest BCUT2D eigenvalue weighted by molar-refractivity contribution is -0.177. The van der Waals surface area contributed by atoms with E-state index in [-0.39, 0.29) is 13.2 Å². The number of rotatable bonds is 4. The van der Waals surface area contributed by atoms with Crippen LogP contribution in [0.15, 0.2) is 22.7 Å². The van der Waals surface area contributed by atoms with E-state index in [1.165, 1.54) is 0 Å². The maximum absolute atomic E-state index is 12.7. The number of carbonyl (C=O) groups excluding carboxylic acids is 3. The van der Waals surface area contributed by atoms with E-state index in [1.807, 2.05) is 0 Å². The minimum Gasteiger partial charge on any atom is -0.465 e. The third kappa shape index (κ3) is 2.20. The zero-order chi connectivity index (χ0) is 17.5. The number of benzene rings is 1. The standard InChI is InChI=1S/C16H16BrNO6/c1-3-22-14(20)16(15(21)23-4-2)11-13(19)24-12(16)9-7-8(17)5-6-10(9)18-11/h5-7,11-12,18H,3-4H2,1-2H3/t11-,12-/m1/s1. The smallest absolute Gasteiger partial charge is 0.331 e. The molecule has 0 aliphatic carbocycles. The van der Waals surface area contributed by atoms with E-state index in [2.05, 4.69) is 21.2 Å². The van der Waals surface area contributed by atoms with Crippen LogP contribution in [0.1, 0.15) is 25.5 Å². The zero-order valence-electron chi connectivity index (χ0n) is 13.1. The monoisotopic (exact) mass is 397 g/mol. The largest absolute Gasteiger partial charge is 0.465 e. The lowest BCUT2D eigenvalue weighted by Gasteiger charge is -2.37. The number of halogens is 1. The van der Waals surface area contributed by atoms with Gasteiger partial charge in [0.25, 0.3) is 0 Å². The molecule has 2 bridgehead atoms. The third-order valence-corrected chi connectivity index (χ3v) is 4.65. The van der Waals surface area contributed by atoms with Crippen LogP contribution in [-0.2, 0) is 28.6 Å². The summed E-state index contributed by atoms with van der Waals surface area (Å²) >= 11 is 3.35. The highest BCUT2D eigenvalue weighted by molar-refractivity contribution is 9.10.